The van der Waals surface area contributed by atoms with Crippen LogP contribution in [0.4, 0.5) is 5.69 Å². The van der Waals surface area contributed by atoms with E-state index >= 15 is 0 Å². The molecule has 2 aromatic heterocycles. The van der Waals surface area contributed by atoms with Crippen molar-refractivity contribution in [3.05, 3.63) is 101 Å². The molecule has 1 fully saturated rings. The molecule has 0 bridgehead atoms. The van der Waals surface area contributed by atoms with Crippen molar-refractivity contribution in [2.75, 3.05) is 51.7 Å². The lowest BCUT2D eigenvalue weighted by molar-refractivity contribution is -0.121. The lowest BCUT2D eigenvalue weighted by Gasteiger charge is -2.39. The van der Waals surface area contributed by atoms with Gasteiger partial charge in [-0.05, 0) is 99.3 Å². The molecule has 2 amide bonds. The molecule has 2 N–H and O–H groups in total. The van der Waals surface area contributed by atoms with E-state index in [9.17, 15) is 9.59 Å². The summed E-state index contributed by atoms with van der Waals surface area (Å²) < 4.78 is 2.00. The number of hydrogen-bond donors (Lipinski definition) is 2. The lowest BCUT2D eigenvalue weighted by atomic mass is 9.88. The average Bonchev–Trinajstić information content (AvgIpc) is 3.68. The van der Waals surface area contributed by atoms with Gasteiger partial charge in [0.25, 0.3) is 5.91 Å². The van der Waals surface area contributed by atoms with E-state index in [1.807, 2.05) is 63.9 Å². The van der Waals surface area contributed by atoms with Crippen molar-refractivity contribution in [1.82, 2.24) is 24.7 Å². The van der Waals surface area contributed by atoms with Crippen molar-refractivity contribution < 1.29 is 9.59 Å². The van der Waals surface area contributed by atoms with Crippen LogP contribution in [0.1, 0.15) is 47.3 Å². The fourth-order valence-corrected chi connectivity index (χ4v) is 8.34. The Kier molecular flexibility index (Phi) is 9.55. The normalized spacial score (nSPS) is 18.3. The van der Waals surface area contributed by atoms with Gasteiger partial charge in [0.1, 0.15) is 5.69 Å². The number of rotatable bonds is 9. The van der Waals surface area contributed by atoms with Gasteiger partial charge in [-0.25, -0.2) is 0 Å². The second kappa shape index (κ2) is 14.0. The van der Waals surface area contributed by atoms with E-state index in [2.05, 4.69) is 72.7 Å². The van der Waals surface area contributed by atoms with Crippen LogP contribution < -0.4 is 10.2 Å². The number of para-hydroxylation sites is 2. The Bertz CT molecular complexity index is 1970. The van der Waals surface area contributed by atoms with E-state index < -0.39 is 6.04 Å². The van der Waals surface area contributed by atoms with Crippen LogP contribution in [0.5, 0.6) is 0 Å². The van der Waals surface area contributed by atoms with Gasteiger partial charge in [-0.15, -0.1) is 0 Å². The summed E-state index contributed by atoms with van der Waals surface area (Å²) in [6.45, 7) is 5.84. The molecular formula is C40H47ClN6O2. The summed E-state index contributed by atoms with van der Waals surface area (Å²) in [5, 5.41) is 6.72. The second-order valence-electron chi connectivity index (χ2n) is 14.4. The van der Waals surface area contributed by atoms with Crippen molar-refractivity contribution in [2.45, 2.75) is 38.1 Å². The number of benzene rings is 3. The number of hydrogen-bond acceptors (Lipinski definition) is 4. The van der Waals surface area contributed by atoms with E-state index in [1.54, 1.807) is 0 Å². The van der Waals surface area contributed by atoms with Gasteiger partial charge in [-0.1, -0.05) is 54.9 Å². The minimum absolute atomic E-state index is 0.0817. The third-order valence-corrected chi connectivity index (χ3v) is 11.0. The number of aromatic amines is 1. The first-order valence-electron chi connectivity index (χ1n) is 17.6. The number of nitrogens with zero attached hydrogens (tertiary/aromatic N) is 4. The quantitative estimate of drug-likeness (QED) is 0.182. The monoisotopic (exact) mass is 678 g/mol. The summed E-state index contributed by atoms with van der Waals surface area (Å²) in [4.78, 5) is 38.1. The maximum absolute atomic E-state index is 14.9. The maximum atomic E-state index is 14.9. The van der Waals surface area contributed by atoms with Crippen LogP contribution in [-0.4, -0.2) is 84.0 Å². The first kappa shape index (κ1) is 33.4. The van der Waals surface area contributed by atoms with Gasteiger partial charge >= 0.3 is 0 Å². The number of carbonyl (C=O) groups is 2. The molecule has 0 saturated carbocycles. The first-order valence-corrected chi connectivity index (χ1v) is 17.9. The molecule has 0 radical (unpaired) electrons. The smallest absolute Gasteiger partial charge is 0.270 e. The van der Waals surface area contributed by atoms with Crippen LogP contribution in [0.3, 0.4) is 0 Å². The van der Waals surface area contributed by atoms with Crippen LogP contribution in [-0.2, 0) is 18.3 Å². The second-order valence-corrected chi connectivity index (χ2v) is 14.8. The standard InChI is InChI=1S/C40H47ClN6O2/c1-26(33-23-42-34-11-7-6-10-32(33)34)38(40(49)47-25-28(24-44(2)3)19-30-20-31(41)13-14-36(30)47)43-22-27-15-17-46(18-16-27)39(48)37-21-29-9-5-8-12-35(29)45(37)4/h5-14,20-21,23,26-28,38,42-43H,15-19,22,24-25H2,1-4H3/t26?,28-,38?/m1/s1. The number of piperidine rings is 1. The van der Waals surface area contributed by atoms with Crippen molar-refractivity contribution >= 4 is 50.9 Å². The SMILES string of the molecule is CC(c1c[nH]c2ccccc12)C(NCC1CCN(C(=O)c2cc3ccccc3n2C)CC1)C(=O)N1C[C@@H](CN(C)C)Cc2cc(Cl)ccc21. The maximum Gasteiger partial charge on any atom is 0.270 e. The minimum Gasteiger partial charge on any atom is -0.361 e. The van der Waals surface area contributed by atoms with E-state index in [0.717, 1.165) is 70.1 Å². The number of fused-ring (bicyclic) bond motifs is 3. The topological polar surface area (TPSA) is 76.6 Å². The van der Waals surface area contributed by atoms with Crippen LogP contribution in [0.2, 0.25) is 5.02 Å². The van der Waals surface area contributed by atoms with Crippen molar-refractivity contribution in [2.24, 2.45) is 18.9 Å². The summed E-state index contributed by atoms with van der Waals surface area (Å²) >= 11 is 6.46. The van der Waals surface area contributed by atoms with Crippen molar-refractivity contribution in [3.63, 3.8) is 0 Å². The molecule has 1 saturated heterocycles. The Hall–Kier alpha value is -4.11. The molecule has 2 unspecified atom stereocenters. The van der Waals surface area contributed by atoms with Gasteiger partial charge in [0, 0.05) is 77.9 Å². The molecule has 8 nitrogen and oxygen atoms in total. The number of likely N-dealkylation sites (tertiary alicyclic amines) is 1. The average molecular weight is 679 g/mol. The molecular weight excluding hydrogens is 632 g/mol. The van der Waals surface area contributed by atoms with E-state index in [0.29, 0.717) is 43.0 Å². The van der Waals surface area contributed by atoms with Crippen LogP contribution in [0.25, 0.3) is 21.8 Å². The molecule has 9 heteroatoms. The van der Waals surface area contributed by atoms with Gasteiger partial charge in [0.05, 0.1) is 6.04 Å². The molecule has 2 aliphatic rings. The van der Waals surface area contributed by atoms with Crippen LogP contribution in [0, 0.1) is 11.8 Å². The third kappa shape index (κ3) is 6.74. The molecule has 256 valence electrons. The lowest BCUT2D eigenvalue weighted by Crippen LogP contribution is -2.54. The third-order valence-electron chi connectivity index (χ3n) is 10.7. The van der Waals surface area contributed by atoms with Crippen molar-refractivity contribution in [1.29, 1.82) is 0 Å². The van der Waals surface area contributed by atoms with Crippen LogP contribution in [0.15, 0.2) is 79.0 Å². The highest BCUT2D eigenvalue weighted by Crippen LogP contribution is 2.35. The zero-order valence-corrected chi connectivity index (χ0v) is 29.7. The molecule has 2 aliphatic heterocycles. The number of halogens is 1. The van der Waals surface area contributed by atoms with Gasteiger partial charge in [-0.2, -0.15) is 0 Å². The predicted octanol–water partition coefficient (Wildman–Crippen LogP) is 6.69. The fraction of sp³-hybridized carbons (Fsp3) is 0.400. The Morgan fingerprint density at radius 1 is 1.00 bits per heavy atom. The molecule has 49 heavy (non-hydrogen) atoms. The van der Waals surface area contributed by atoms with Gasteiger partial charge < -0.3 is 29.6 Å². The summed E-state index contributed by atoms with van der Waals surface area (Å²) in [7, 11) is 6.14. The van der Waals surface area contributed by atoms with Gasteiger partial charge in [0.2, 0.25) is 5.91 Å². The summed E-state index contributed by atoms with van der Waals surface area (Å²) in [5.41, 5.74) is 6.09. The zero-order valence-electron chi connectivity index (χ0n) is 29.0. The highest BCUT2D eigenvalue weighted by molar-refractivity contribution is 6.30. The molecule has 4 heterocycles. The molecule has 5 aromatic rings. The summed E-state index contributed by atoms with van der Waals surface area (Å²) in [6.07, 6.45) is 4.74. The van der Waals surface area contributed by atoms with E-state index in [1.165, 1.54) is 0 Å². The first-order chi connectivity index (χ1) is 23.7. The van der Waals surface area contributed by atoms with E-state index in [-0.39, 0.29) is 17.7 Å². The highest BCUT2D eigenvalue weighted by atomic mass is 35.5. The fourth-order valence-electron chi connectivity index (χ4n) is 8.15. The minimum atomic E-state index is -0.434. The summed E-state index contributed by atoms with van der Waals surface area (Å²) in [5.74, 6) is 0.755. The van der Waals surface area contributed by atoms with Gasteiger partial charge in [-0.3, -0.25) is 9.59 Å². The van der Waals surface area contributed by atoms with Crippen LogP contribution >= 0.6 is 11.6 Å². The number of aryl methyl sites for hydroxylation is 1. The largest absolute Gasteiger partial charge is 0.361 e. The molecule has 7 rings (SSSR count). The number of amides is 2. The molecule has 3 atom stereocenters. The molecule has 0 spiro atoms. The Morgan fingerprint density at radius 3 is 2.53 bits per heavy atom. The Morgan fingerprint density at radius 2 is 1.76 bits per heavy atom. The highest BCUT2D eigenvalue weighted by Gasteiger charge is 2.37. The number of anilines is 1. The molecule has 3 aromatic carbocycles. The number of H-pyrrole nitrogens is 1. The van der Waals surface area contributed by atoms with Gasteiger partial charge in [0.15, 0.2) is 0 Å². The zero-order chi connectivity index (χ0) is 34.2. The number of aromatic nitrogens is 2. The Labute approximate surface area is 294 Å². The summed E-state index contributed by atoms with van der Waals surface area (Å²) in [6, 6.07) is 23.9. The number of nitrogens with one attached hydrogen (secondary N) is 2. The van der Waals surface area contributed by atoms with E-state index in [4.69, 9.17) is 11.6 Å². The van der Waals surface area contributed by atoms with Crippen molar-refractivity contribution in [3.8, 4) is 0 Å². The number of carbonyl (C=O) groups excluding carboxylic acids is 2. The Balaban J connectivity index is 1.10. The predicted molar refractivity (Wildman–Crippen MR) is 200 cm³/mol. The molecule has 0 aliphatic carbocycles.